The second-order valence-electron chi connectivity index (χ2n) is 6.29. The SMILES string of the molecule is CCCCOCCCN=C(NCC)NC(C)CCCN(CC)CC.I. The summed E-state index contributed by atoms with van der Waals surface area (Å²) in [4.78, 5) is 7.13. The largest absolute Gasteiger partial charge is 0.381 e. The lowest BCUT2D eigenvalue weighted by molar-refractivity contribution is 0.130. The molecule has 0 aromatic rings. The molecule has 0 spiro atoms. The number of halogens is 1. The Kier molecular flexibility index (Phi) is 22.0. The van der Waals surface area contributed by atoms with Crippen LogP contribution in [0.15, 0.2) is 4.99 Å². The first-order valence-electron chi connectivity index (χ1n) is 10.0. The van der Waals surface area contributed by atoms with Gasteiger partial charge in [-0.1, -0.05) is 27.2 Å². The molecule has 0 heterocycles. The van der Waals surface area contributed by atoms with Gasteiger partial charge in [0, 0.05) is 32.3 Å². The standard InChI is InChI=1S/C19H42N4O.HI/c1-6-10-16-24-17-12-14-21-19(20-7-2)22-18(5)13-11-15-23(8-3)9-4;/h18H,6-17H2,1-5H3,(H2,20,21,22);1H. The lowest BCUT2D eigenvalue weighted by atomic mass is 10.2. The van der Waals surface area contributed by atoms with E-state index < -0.39 is 0 Å². The molecule has 0 rings (SSSR count). The average molecular weight is 470 g/mol. The lowest BCUT2D eigenvalue weighted by Gasteiger charge is -2.21. The van der Waals surface area contributed by atoms with Crippen molar-refractivity contribution in [2.45, 2.75) is 72.8 Å². The topological polar surface area (TPSA) is 48.9 Å². The first-order valence-corrected chi connectivity index (χ1v) is 10.0. The summed E-state index contributed by atoms with van der Waals surface area (Å²) in [6.45, 7) is 17.8. The first kappa shape index (κ1) is 27.1. The van der Waals surface area contributed by atoms with Crippen LogP contribution >= 0.6 is 24.0 Å². The van der Waals surface area contributed by atoms with Crippen LogP contribution in [0.5, 0.6) is 0 Å². The number of nitrogens with one attached hydrogen (secondary N) is 2. The maximum atomic E-state index is 5.58. The Hall–Kier alpha value is -0.0800. The van der Waals surface area contributed by atoms with Crippen LogP contribution in [0.25, 0.3) is 0 Å². The third-order valence-corrected chi connectivity index (χ3v) is 4.09. The van der Waals surface area contributed by atoms with Crippen LogP contribution in [0.4, 0.5) is 0 Å². The molecule has 0 aliphatic heterocycles. The number of guanidine groups is 1. The van der Waals surface area contributed by atoms with Gasteiger partial charge >= 0.3 is 0 Å². The molecule has 0 aliphatic rings. The number of hydrogen-bond donors (Lipinski definition) is 2. The maximum absolute atomic E-state index is 5.58. The van der Waals surface area contributed by atoms with Gasteiger partial charge in [0.15, 0.2) is 5.96 Å². The van der Waals surface area contributed by atoms with Crippen molar-refractivity contribution in [3.63, 3.8) is 0 Å². The normalized spacial score (nSPS) is 12.8. The van der Waals surface area contributed by atoms with Crippen LogP contribution in [0.1, 0.15) is 66.7 Å². The number of ether oxygens (including phenoxy) is 1. The van der Waals surface area contributed by atoms with Crippen molar-refractivity contribution in [3.05, 3.63) is 0 Å². The fourth-order valence-electron chi connectivity index (χ4n) is 2.49. The van der Waals surface area contributed by atoms with E-state index in [0.717, 1.165) is 58.2 Å². The molecule has 0 amide bonds. The van der Waals surface area contributed by atoms with E-state index >= 15 is 0 Å². The molecule has 5 nitrogen and oxygen atoms in total. The van der Waals surface area contributed by atoms with Gasteiger partial charge in [-0.25, -0.2) is 0 Å². The van der Waals surface area contributed by atoms with E-state index in [9.17, 15) is 0 Å². The molecule has 0 fully saturated rings. The molecule has 0 aromatic heterocycles. The molecule has 0 radical (unpaired) electrons. The zero-order valence-corrected chi connectivity index (χ0v) is 19.6. The molecular weight excluding hydrogens is 427 g/mol. The zero-order chi connectivity index (χ0) is 18.0. The van der Waals surface area contributed by atoms with Gasteiger partial charge in [0.05, 0.1) is 0 Å². The predicted octanol–water partition coefficient (Wildman–Crippen LogP) is 3.88. The van der Waals surface area contributed by atoms with Gasteiger partial charge < -0.3 is 20.3 Å². The maximum Gasteiger partial charge on any atom is 0.191 e. The van der Waals surface area contributed by atoms with E-state index in [0.29, 0.717) is 6.04 Å². The minimum atomic E-state index is 0. The van der Waals surface area contributed by atoms with Gasteiger partial charge in [-0.3, -0.25) is 4.99 Å². The van der Waals surface area contributed by atoms with Gasteiger partial charge in [-0.05, 0) is 59.2 Å². The number of hydrogen-bond acceptors (Lipinski definition) is 3. The number of rotatable bonds is 15. The summed E-state index contributed by atoms with van der Waals surface area (Å²) in [5.41, 5.74) is 0. The average Bonchev–Trinajstić information content (AvgIpc) is 2.58. The van der Waals surface area contributed by atoms with E-state index in [2.05, 4.69) is 55.1 Å². The molecule has 0 bridgehead atoms. The summed E-state index contributed by atoms with van der Waals surface area (Å²) in [5.74, 6) is 0.932. The van der Waals surface area contributed by atoms with Crippen LogP contribution in [0.3, 0.4) is 0 Å². The fraction of sp³-hybridized carbons (Fsp3) is 0.947. The Morgan fingerprint density at radius 1 is 1.04 bits per heavy atom. The number of nitrogens with zero attached hydrogens (tertiary/aromatic N) is 2. The molecule has 6 heteroatoms. The second kappa shape index (κ2) is 20.2. The first-order chi connectivity index (χ1) is 11.7. The van der Waals surface area contributed by atoms with Crippen molar-refractivity contribution >= 4 is 29.9 Å². The van der Waals surface area contributed by atoms with Gasteiger partial charge in [0.2, 0.25) is 0 Å². The minimum Gasteiger partial charge on any atom is -0.381 e. The van der Waals surface area contributed by atoms with E-state index in [4.69, 9.17) is 4.74 Å². The van der Waals surface area contributed by atoms with Crippen LogP contribution < -0.4 is 10.6 Å². The number of aliphatic imine (C=N–C) groups is 1. The molecule has 152 valence electrons. The Labute approximate surface area is 173 Å². The molecule has 0 saturated heterocycles. The molecule has 1 unspecified atom stereocenters. The summed E-state index contributed by atoms with van der Waals surface area (Å²) >= 11 is 0. The molecule has 0 aliphatic carbocycles. The Morgan fingerprint density at radius 3 is 2.32 bits per heavy atom. The summed E-state index contributed by atoms with van der Waals surface area (Å²) in [7, 11) is 0. The Morgan fingerprint density at radius 2 is 1.72 bits per heavy atom. The highest BCUT2D eigenvalue weighted by molar-refractivity contribution is 14.0. The minimum absolute atomic E-state index is 0. The smallest absolute Gasteiger partial charge is 0.191 e. The molecule has 25 heavy (non-hydrogen) atoms. The highest BCUT2D eigenvalue weighted by Crippen LogP contribution is 2.00. The van der Waals surface area contributed by atoms with Gasteiger partial charge in [-0.2, -0.15) is 0 Å². The lowest BCUT2D eigenvalue weighted by Crippen LogP contribution is -2.42. The van der Waals surface area contributed by atoms with Crippen molar-refractivity contribution in [3.8, 4) is 0 Å². The third-order valence-electron chi connectivity index (χ3n) is 4.09. The summed E-state index contributed by atoms with van der Waals surface area (Å²) in [5, 5.41) is 6.85. The molecular formula is C19H43IN4O. The van der Waals surface area contributed by atoms with E-state index in [1.165, 1.54) is 25.8 Å². The molecule has 1 atom stereocenters. The van der Waals surface area contributed by atoms with Crippen LogP contribution in [-0.2, 0) is 4.74 Å². The predicted molar refractivity (Wildman–Crippen MR) is 121 cm³/mol. The van der Waals surface area contributed by atoms with E-state index in [-0.39, 0.29) is 24.0 Å². The Balaban J connectivity index is 0. The van der Waals surface area contributed by atoms with Crippen LogP contribution in [0.2, 0.25) is 0 Å². The summed E-state index contributed by atoms with van der Waals surface area (Å²) < 4.78 is 5.58. The highest BCUT2D eigenvalue weighted by atomic mass is 127. The summed E-state index contributed by atoms with van der Waals surface area (Å²) in [6, 6.07) is 0.444. The van der Waals surface area contributed by atoms with Crippen LogP contribution in [0, 0.1) is 0 Å². The van der Waals surface area contributed by atoms with Crippen molar-refractivity contribution in [1.82, 2.24) is 15.5 Å². The van der Waals surface area contributed by atoms with Gasteiger partial charge in [0.1, 0.15) is 0 Å². The van der Waals surface area contributed by atoms with Crippen molar-refractivity contribution in [2.24, 2.45) is 4.99 Å². The third kappa shape index (κ3) is 17.1. The quantitative estimate of drug-likeness (QED) is 0.165. The molecule has 2 N–H and O–H groups in total. The van der Waals surface area contributed by atoms with Crippen molar-refractivity contribution in [1.29, 1.82) is 0 Å². The van der Waals surface area contributed by atoms with Gasteiger partial charge in [0.25, 0.3) is 0 Å². The fourth-order valence-corrected chi connectivity index (χ4v) is 2.49. The zero-order valence-electron chi connectivity index (χ0n) is 17.3. The molecule has 0 saturated carbocycles. The van der Waals surface area contributed by atoms with Gasteiger partial charge in [-0.15, -0.1) is 24.0 Å². The van der Waals surface area contributed by atoms with E-state index in [1.54, 1.807) is 0 Å². The van der Waals surface area contributed by atoms with Crippen LogP contribution in [-0.4, -0.2) is 62.8 Å². The highest BCUT2D eigenvalue weighted by Gasteiger charge is 2.06. The van der Waals surface area contributed by atoms with E-state index in [1.807, 2.05) is 0 Å². The number of unbranched alkanes of at least 4 members (excludes halogenated alkanes) is 1. The monoisotopic (exact) mass is 470 g/mol. The van der Waals surface area contributed by atoms with Crippen molar-refractivity contribution < 1.29 is 4.74 Å². The second-order valence-corrected chi connectivity index (χ2v) is 6.29. The Bertz CT molecular complexity index is 299. The van der Waals surface area contributed by atoms with Crippen molar-refractivity contribution in [2.75, 3.05) is 45.9 Å². The summed E-state index contributed by atoms with van der Waals surface area (Å²) in [6.07, 6.45) is 5.72. The molecule has 0 aromatic carbocycles.